The summed E-state index contributed by atoms with van der Waals surface area (Å²) in [6, 6.07) is 3.50. The summed E-state index contributed by atoms with van der Waals surface area (Å²) in [6.45, 7) is 1.60. The molecule has 0 aliphatic rings. The number of primary amides is 1. The minimum Gasteiger partial charge on any atom is -0.744 e. The van der Waals surface area contributed by atoms with Crippen molar-refractivity contribution in [2.45, 2.75) is 11.8 Å². The van der Waals surface area contributed by atoms with E-state index >= 15 is 0 Å². The number of amides is 1. The van der Waals surface area contributed by atoms with Crippen LogP contribution in [0.2, 0.25) is 0 Å². The maximum Gasteiger partial charge on any atom is 1.00 e. The topological polar surface area (TPSA) is 100 Å². The van der Waals surface area contributed by atoms with Gasteiger partial charge in [0.1, 0.15) is 10.1 Å². The molecule has 0 saturated heterocycles. The van der Waals surface area contributed by atoms with Crippen LogP contribution in [0.5, 0.6) is 0 Å². The molecular weight excluding hydrogens is 229 g/mol. The summed E-state index contributed by atoms with van der Waals surface area (Å²) in [4.78, 5) is 10.4. The molecule has 0 aliphatic carbocycles. The van der Waals surface area contributed by atoms with E-state index < -0.39 is 20.9 Å². The van der Waals surface area contributed by atoms with Crippen molar-refractivity contribution in [3.63, 3.8) is 0 Å². The fraction of sp³-hybridized carbons (Fsp3) is 0.125. The van der Waals surface area contributed by atoms with E-state index in [1.807, 2.05) is 0 Å². The Morgan fingerprint density at radius 2 is 1.93 bits per heavy atom. The summed E-state index contributed by atoms with van der Waals surface area (Å²) in [5.74, 6) is -0.756. The van der Waals surface area contributed by atoms with Crippen LogP contribution in [0.15, 0.2) is 23.1 Å². The third-order valence-corrected chi connectivity index (χ3v) is 2.59. The molecule has 2 N–H and O–H groups in total. The Morgan fingerprint density at radius 1 is 1.40 bits per heavy atom. The standard InChI is InChI=1S/C8H9NO4S.Na/c1-5-2-3-6(14(11,12)13)4-7(5)8(9)10;/h2-4H,1H3,(H2,9,10)(H,11,12,13);/q;+1/p-1. The molecule has 0 fully saturated rings. The second-order valence-corrected chi connectivity index (χ2v) is 4.17. The molecule has 0 heterocycles. The van der Waals surface area contributed by atoms with Crippen LogP contribution < -0.4 is 35.3 Å². The Balaban J connectivity index is 0.00000196. The van der Waals surface area contributed by atoms with E-state index in [-0.39, 0.29) is 35.1 Å². The third kappa shape index (κ3) is 3.58. The Morgan fingerprint density at radius 3 is 2.33 bits per heavy atom. The van der Waals surface area contributed by atoms with Gasteiger partial charge in [0.25, 0.3) is 0 Å². The smallest absolute Gasteiger partial charge is 0.744 e. The van der Waals surface area contributed by atoms with Crippen molar-refractivity contribution in [1.29, 1.82) is 0 Å². The molecule has 7 heteroatoms. The summed E-state index contributed by atoms with van der Waals surface area (Å²) >= 11 is 0. The van der Waals surface area contributed by atoms with E-state index in [0.29, 0.717) is 5.56 Å². The Bertz CT molecular complexity index is 483. The minimum absolute atomic E-state index is 0. The Hall–Kier alpha value is -0.400. The molecule has 0 atom stereocenters. The van der Waals surface area contributed by atoms with Gasteiger partial charge in [0.2, 0.25) is 5.91 Å². The van der Waals surface area contributed by atoms with Gasteiger partial charge in [0.15, 0.2) is 0 Å². The van der Waals surface area contributed by atoms with Gasteiger partial charge < -0.3 is 10.3 Å². The summed E-state index contributed by atoms with van der Waals surface area (Å²) in [7, 11) is -4.53. The van der Waals surface area contributed by atoms with E-state index in [1.54, 1.807) is 6.92 Å². The maximum atomic E-state index is 10.8. The van der Waals surface area contributed by atoms with Crippen molar-refractivity contribution in [2.24, 2.45) is 5.73 Å². The first-order chi connectivity index (χ1) is 6.32. The van der Waals surface area contributed by atoms with Crippen LogP contribution in [0.4, 0.5) is 0 Å². The molecule has 0 saturated carbocycles. The molecule has 0 spiro atoms. The van der Waals surface area contributed by atoms with E-state index in [1.165, 1.54) is 6.07 Å². The summed E-state index contributed by atoms with van der Waals surface area (Å²) in [6.07, 6.45) is 0. The van der Waals surface area contributed by atoms with Crippen molar-refractivity contribution in [1.82, 2.24) is 0 Å². The predicted octanol–water partition coefficient (Wildman–Crippen LogP) is -3.00. The molecule has 1 rings (SSSR count). The second-order valence-electron chi connectivity index (χ2n) is 2.80. The van der Waals surface area contributed by atoms with Gasteiger partial charge in [-0.15, -0.1) is 0 Å². The van der Waals surface area contributed by atoms with Crippen molar-refractivity contribution in [2.75, 3.05) is 0 Å². The normalized spacial score (nSPS) is 10.5. The van der Waals surface area contributed by atoms with E-state index in [2.05, 4.69) is 0 Å². The molecule has 0 unspecified atom stereocenters. The van der Waals surface area contributed by atoms with Crippen molar-refractivity contribution in [3.8, 4) is 0 Å². The molecule has 0 bridgehead atoms. The number of carbonyl (C=O) groups is 1. The second kappa shape index (κ2) is 5.09. The van der Waals surface area contributed by atoms with E-state index in [4.69, 9.17) is 5.73 Å². The summed E-state index contributed by atoms with van der Waals surface area (Å²) in [5.41, 5.74) is 5.57. The number of rotatable bonds is 2. The average Bonchev–Trinajstić information content (AvgIpc) is 2.02. The monoisotopic (exact) mass is 237 g/mol. The van der Waals surface area contributed by atoms with Gasteiger partial charge in [-0.25, -0.2) is 8.42 Å². The van der Waals surface area contributed by atoms with Crippen molar-refractivity contribution < 1.29 is 47.3 Å². The summed E-state index contributed by atoms with van der Waals surface area (Å²) in [5, 5.41) is 0. The van der Waals surface area contributed by atoms with Crippen LogP contribution >= 0.6 is 0 Å². The molecule has 76 valence electrons. The zero-order valence-corrected chi connectivity index (χ0v) is 11.2. The molecule has 5 nitrogen and oxygen atoms in total. The largest absolute Gasteiger partial charge is 1.00 e. The first kappa shape index (κ1) is 14.6. The van der Waals surface area contributed by atoms with Gasteiger partial charge in [-0.3, -0.25) is 4.79 Å². The number of aryl methyl sites for hydroxylation is 1. The van der Waals surface area contributed by atoms with Gasteiger partial charge in [-0.1, -0.05) is 6.07 Å². The van der Waals surface area contributed by atoms with Crippen LogP contribution in [0, 0.1) is 6.92 Å². The molecule has 1 aromatic carbocycles. The fourth-order valence-corrected chi connectivity index (χ4v) is 1.52. The van der Waals surface area contributed by atoms with E-state index in [0.717, 1.165) is 12.1 Å². The average molecular weight is 237 g/mol. The number of benzene rings is 1. The first-order valence-electron chi connectivity index (χ1n) is 3.68. The zero-order valence-electron chi connectivity index (χ0n) is 8.35. The van der Waals surface area contributed by atoms with Gasteiger partial charge >= 0.3 is 29.6 Å². The quantitative estimate of drug-likeness (QED) is 0.437. The van der Waals surface area contributed by atoms with Gasteiger partial charge in [0.05, 0.1) is 4.90 Å². The fourth-order valence-electron chi connectivity index (χ4n) is 1.02. The number of hydrogen-bond donors (Lipinski definition) is 1. The molecular formula is C8H8NNaO4S. The molecule has 1 amide bonds. The zero-order chi connectivity index (χ0) is 10.9. The Labute approximate surface area is 110 Å². The first-order valence-corrected chi connectivity index (χ1v) is 5.09. The molecule has 0 aromatic heterocycles. The maximum absolute atomic E-state index is 10.8. The molecule has 0 radical (unpaired) electrons. The van der Waals surface area contributed by atoms with E-state index in [9.17, 15) is 17.8 Å². The molecule has 15 heavy (non-hydrogen) atoms. The third-order valence-electron chi connectivity index (χ3n) is 1.76. The van der Waals surface area contributed by atoms with Crippen LogP contribution in [-0.2, 0) is 10.1 Å². The number of carbonyl (C=O) groups excluding carboxylic acids is 1. The van der Waals surface area contributed by atoms with Crippen molar-refractivity contribution in [3.05, 3.63) is 29.3 Å². The number of nitrogens with two attached hydrogens (primary N) is 1. The predicted molar refractivity (Wildman–Crippen MR) is 47.7 cm³/mol. The number of hydrogen-bond acceptors (Lipinski definition) is 4. The van der Waals surface area contributed by atoms with Crippen molar-refractivity contribution >= 4 is 16.0 Å². The van der Waals surface area contributed by atoms with Crippen LogP contribution in [0.3, 0.4) is 0 Å². The minimum atomic E-state index is -4.53. The van der Waals surface area contributed by atoms with Crippen LogP contribution in [-0.4, -0.2) is 18.9 Å². The van der Waals surface area contributed by atoms with Crippen LogP contribution in [0.1, 0.15) is 15.9 Å². The SMILES string of the molecule is Cc1ccc(S(=O)(=O)[O-])cc1C(N)=O.[Na+]. The van der Waals surface area contributed by atoms with Gasteiger partial charge in [0, 0.05) is 5.56 Å². The summed E-state index contributed by atoms with van der Waals surface area (Å²) < 4.78 is 31.8. The van der Waals surface area contributed by atoms with Gasteiger partial charge in [-0.2, -0.15) is 0 Å². The molecule has 1 aromatic rings. The Kier molecular flexibility index (Phi) is 4.95. The molecule has 0 aliphatic heterocycles. The van der Waals surface area contributed by atoms with Gasteiger partial charge in [-0.05, 0) is 24.6 Å². The van der Waals surface area contributed by atoms with Crippen LogP contribution in [0.25, 0.3) is 0 Å².